The number of aryl methyl sites for hydroxylation is 1. The molecule has 1 aliphatic heterocycles. The SMILES string of the molecule is CCc1c(C)nn(CC(=O)N2CCNCC2)c1C. The number of hydrogen-bond donors (Lipinski definition) is 1. The second-order valence-corrected chi connectivity index (χ2v) is 4.79. The van der Waals surface area contributed by atoms with Gasteiger partial charge in [0.05, 0.1) is 5.69 Å². The molecule has 0 aliphatic carbocycles. The van der Waals surface area contributed by atoms with Crippen LogP contribution >= 0.6 is 0 Å². The van der Waals surface area contributed by atoms with Crippen LogP contribution in [-0.2, 0) is 17.8 Å². The van der Waals surface area contributed by atoms with Gasteiger partial charge in [-0.15, -0.1) is 0 Å². The van der Waals surface area contributed by atoms with Crippen LogP contribution in [-0.4, -0.2) is 46.8 Å². The molecule has 18 heavy (non-hydrogen) atoms. The Morgan fingerprint density at radius 3 is 2.56 bits per heavy atom. The second-order valence-electron chi connectivity index (χ2n) is 4.79. The topological polar surface area (TPSA) is 50.2 Å². The first-order valence-electron chi connectivity index (χ1n) is 6.64. The summed E-state index contributed by atoms with van der Waals surface area (Å²) >= 11 is 0. The molecular weight excluding hydrogens is 228 g/mol. The van der Waals surface area contributed by atoms with Crippen molar-refractivity contribution in [2.24, 2.45) is 0 Å². The minimum atomic E-state index is 0.171. The Labute approximate surface area is 108 Å². The van der Waals surface area contributed by atoms with Crippen molar-refractivity contribution < 1.29 is 4.79 Å². The zero-order chi connectivity index (χ0) is 13.1. The predicted molar refractivity (Wildman–Crippen MR) is 70.5 cm³/mol. The van der Waals surface area contributed by atoms with Gasteiger partial charge in [-0.2, -0.15) is 5.10 Å². The van der Waals surface area contributed by atoms with Crippen LogP contribution in [0.2, 0.25) is 0 Å². The number of rotatable bonds is 3. The fraction of sp³-hybridized carbons (Fsp3) is 0.692. The lowest BCUT2D eigenvalue weighted by Gasteiger charge is -2.27. The second kappa shape index (κ2) is 5.52. The van der Waals surface area contributed by atoms with E-state index in [0.29, 0.717) is 6.54 Å². The van der Waals surface area contributed by atoms with Crippen LogP contribution in [0.15, 0.2) is 0 Å². The van der Waals surface area contributed by atoms with Crippen LogP contribution < -0.4 is 5.32 Å². The molecule has 0 aromatic carbocycles. The predicted octanol–water partition coefficient (Wildman–Crippen LogP) is 0.494. The van der Waals surface area contributed by atoms with Gasteiger partial charge in [-0.25, -0.2) is 0 Å². The fourth-order valence-corrected chi connectivity index (χ4v) is 2.54. The van der Waals surface area contributed by atoms with Gasteiger partial charge in [-0.3, -0.25) is 9.48 Å². The minimum absolute atomic E-state index is 0.171. The third-order valence-electron chi connectivity index (χ3n) is 3.64. The van der Waals surface area contributed by atoms with Gasteiger partial charge in [0.15, 0.2) is 0 Å². The maximum atomic E-state index is 12.2. The Bertz CT molecular complexity index is 432. The van der Waals surface area contributed by atoms with E-state index < -0.39 is 0 Å². The molecule has 2 heterocycles. The first kappa shape index (κ1) is 13.1. The van der Waals surface area contributed by atoms with Gasteiger partial charge in [0.1, 0.15) is 6.54 Å². The summed E-state index contributed by atoms with van der Waals surface area (Å²) < 4.78 is 1.85. The highest BCUT2D eigenvalue weighted by Crippen LogP contribution is 2.13. The Balaban J connectivity index is 2.06. The van der Waals surface area contributed by atoms with Crippen molar-refractivity contribution in [2.45, 2.75) is 33.7 Å². The van der Waals surface area contributed by atoms with Gasteiger partial charge < -0.3 is 10.2 Å². The first-order valence-corrected chi connectivity index (χ1v) is 6.64. The highest BCUT2D eigenvalue weighted by molar-refractivity contribution is 5.76. The summed E-state index contributed by atoms with van der Waals surface area (Å²) in [5.41, 5.74) is 3.43. The molecule has 5 nitrogen and oxygen atoms in total. The van der Waals surface area contributed by atoms with Gasteiger partial charge >= 0.3 is 0 Å². The molecule has 1 aromatic rings. The molecule has 100 valence electrons. The number of piperazine rings is 1. The molecule has 1 aliphatic rings. The third kappa shape index (κ3) is 2.56. The number of aromatic nitrogens is 2. The van der Waals surface area contributed by atoms with Crippen molar-refractivity contribution in [2.75, 3.05) is 26.2 Å². The van der Waals surface area contributed by atoms with Crippen LogP contribution in [0.4, 0.5) is 0 Å². The third-order valence-corrected chi connectivity index (χ3v) is 3.64. The number of carbonyl (C=O) groups is 1. The standard InChI is InChI=1S/C13H22N4O/c1-4-12-10(2)15-17(11(12)3)9-13(18)16-7-5-14-6-8-16/h14H,4-9H2,1-3H3. The van der Waals surface area contributed by atoms with Crippen LogP contribution in [0.25, 0.3) is 0 Å². The lowest BCUT2D eigenvalue weighted by molar-refractivity contribution is -0.132. The smallest absolute Gasteiger partial charge is 0.244 e. The maximum absolute atomic E-state index is 12.2. The molecule has 0 radical (unpaired) electrons. The van der Waals surface area contributed by atoms with Gasteiger partial charge in [-0.05, 0) is 25.8 Å². The van der Waals surface area contributed by atoms with E-state index in [2.05, 4.69) is 17.3 Å². The molecule has 1 aromatic heterocycles. The summed E-state index contributed by atoms with van der Waals surface area (Å²) in [6, 6.07) is 0. The van der Waals surface area contributed by atoms with Gasteiger partial charge in [0.2, 0.25) is 5.91 Å². The van der Waals surface area contributed by atoms with Crippen molar-refractivity contribution in [3.8, 4) is 0 Å². The van der Waals surface area contributed by atoms with E-state index in [1.165, 1.54) is 5.56 Å². The Morgan fingerprint density at radius 1 is 1.33 bits per heavy atom. The molecular formula is C13H22N4O. The Hall–Kier alpha value is -1.36. The molecule has 5 heteroatoms. The number of hydrogen-bond acceptors (Lipinski definition) is 3. The molecule has 1 saturated heterocycles. The summed E-state index contributed by atoms with van der Waals surface area (Å²) in [5, 5.41) is 7.72. The van der Waals surface area contributed by atoms with Crippen molar-refractivity contribution >= 4 is 5.91 Å². The number of carbonyl (C=O) groups excluding carboxylic acids is 1. The van der Waals surface area contributed by atoms with Gasteiger partial charge in [0, 0.05) is 31.9 Å². The molecule has 0 bridgehead atoms. The van der Waals surface area contributed by atoms with E-state index in [1.54, 1.807) is 0 Å². The van der Waals surface area contributed by atoms with Crippen molar-refractivity contribution in [3.05, 3.63) is 17.0 Å². The van der Waals surface area contributed by atoms with Crippen molar-refractivity contribution in [3.63, 3.8) is 0 Å². The summed E-state index contributed by atoms with van der Waals surface area (Å²) in [5.74, 6) is 0.171. The zero-order valence-corrected chi connectivity index (χ0v) is 11.5. The quantitative estimate of drug-likeness (QED) is 0.849. The number of amides is 1. The molecule has 0 saturated carbocycles. The van der Waals surface area contributed by atoms with E-state index in [0.717, 1.165) is 44.0 Å². The highest BCUT2D eigenvalue weighted by atomic mass is 16.2. The zero-order valence-electron chi connectivity index (χ0n) is 11.5. The van der Waals surface area contributed by atoms with E-state index >= 15 is 0 Å². The Kier molecular flexibility index (Phi) is 4.01. The molecule has 0 atom stereocenters. The monoisotopic (exact) mass is 250 g/mol. The highest BCUT2D eigenvalue weighted by Gasteiger charge is 2.18. The summed E-state index contributed by atoms with van der Waals surface area (Å²) in [4.78, 5) is 14.1. The average Bonchev–Trinajstić information content (AvgIpc) is 2.65. The molecule has 1 amide bonds. The van der Waals surface area contributed by atoms with Crippen LogP contribution in [0, 0.1) is 13.8 Å². The largest absolute Gasteiger partial charge is 0.339 e. The molecule has 1 N–H and O–H groups in total. The van der Waals surface area contributed by atoms with Crippen LogP contribution in [0.3, 0.4) is 0 Å². The number of nitrogens with zero attached hydrogens (tertiary/aromatic N) is 3. The first-order chi connectivity index (χ1) is 8.63. The average molecular weight is 250 g/mol. The van der Waals surface area contributed by atoms with Gasteiger partial charge in [0.25, 0.3) is 0 Å². The lowest BCUT2D eigenvalue weighted by atomic mass is 10.1. The minimum Gasteiger partial charge on any atom is -0.339 e. The normalized spacial score (nSPS) is 16.1. The maximum Gasteiger partial charge on any atom is 0.244 e. The lowest BCUT2D eigenvalue weighted by Crippen LogP contribution is -2.47. The summed E-state index contributed by atoms with van der Waals surface area (Å²) in [7, 11) is 0. The van der Waals surface area contributed by atoms with E-state index in [4.69, 9.17) is 0 Å². The summed E-state index contributed by atoms with van der Waals surface area (Å²) in [6.45, 7) is 9.94. The fourth-order valence-electron chi connectivity index (χ4n) is 2.54. The van der Waals surface area contributed by atoms with E-state index in [1.807, 2.05) is 23.4 Å². The van der Waals surface area contributed by atoms with Crippen molar-refractivity contribution in [1.82, 2.24) is 20.0 Å². The Morgan fingerprint density at radius 2 is 2.00 bits per heavy atom. The van der Waals surface area contributed by atoms with Crippen molar-refractivity contribution in [1.29, 1.82) is 0 Å². The van der Waals surface area contributed by atoms with Crippen LogP contribution in [0.5, 0.6) is 0 Å². The molecule has 0 unspecified atom stereocenters. The van der Waals surface area contributed by atoms with E-state index in [-0.39, 0.29) is 5.91 Å². The molecule has 2 rings (SSSR count). The van der Waals surface area contributed by atoms with E-state index in [9.17, 15) is 4.79 Å². The molecule has 0 spiro atoms. The molecule has 1 fully saturated rings. The van der Waals surface area contributed by atoms with Gasteiger partial charge in [-0.1, -0.05) is 6.92 Å². The summed E-state index contributed by atoms with van der Waals surface area (Å²) in [6.07, 6.45) is 0.972. The number of nitrogens with one attached hydrogen (secondary N) is 1. The van der Waals surface area contributed by atoms with Crippen LogP contribution in [0.1, 0.15) is 23.9 Å².